The number of rotatable bonds is 4. The third-order valence-electron chi connectivity index (χ3n) is 2.96. The zero-order valence-electron chi connectivity index (χ0n) is 11.3. The molecular weight excluding hydrogens is 242 g/mol. The number of hydrogen-bond acceptors (Lipinski definition) is 3. The highest BCUT2D eigenvalue weighted by molar-refractivity contribution is 5.98. The van der Waals surface area contributed by atoms with Crippen molar-refractivity contribution in [2.24, 2.45) is 5.92 Å². The Hall–Kier alpha value is -2.10. The summed E-state index contributed by atoms with van der Waals surface area (Å²) in [6.45, 7) is 5.62. The van der Waals surface area contributed by atoms with Crippen molar-refractivity contribution in [3.05, 3.63) is 35.6 Å². The first-order valence-corrected chi connectivity index (χ1v) is 6.28. The van der Waals surface area contributed by atoms with Crippen LogP contribution in [0.25, 0.3) is 11.0 Å². The molecule has 0 unspecified atom stereocenters. The fourth-order valence-electron chi connectivity index (χ4n) is 1.73. The molecule has 19 heavy (non-hydrogen) atoms. The van der Waals surface area contributed by atoms with E-state index in [1.54, 1.807) is 19.9 Å². The van der Waals surface area contributed by atoms with E-state index in [1.165, 1.54) is 0 Å². The lowest BCUT2D eigenvalue weighted by Gasteiger charge is -2.04. The van der Waals surface area contributed by atoms with Gasteiger partial charge in [0, 0.05) is 11.3 Å². The van der Waals surface area contributed by atoms with Crippen molar-refractivity contribution in [3.63, 3.8) is 0 Å². The Morgan fingerprint density at radius 1 is 1.26 bits per heavy atom. The normalized spacial score (nSPS) is 10.9. The Bertz CT molecular complexity index is 625. The third-order valence-corrected chi connectivity index (χ3v) is 2.96. The zero-order chi connectivity index (χ0) is 14.0. The van der Waals surface area contributed by atoms with Crippen LogP contribution < -0.4 is 5.32 Å². The van der Waals surface area contributed by atoms with Gasteiger partial charge in [0.2, 0.25) is 0 Å². The standard InChI is InChI=1S/C15H17NO3/c1-9(2)12(17)8-16-15(18)14-7-11-6-10(3)4-5-13(11)19-14/h4-7,9H,8H2,1-3H3,(H,16,18). The third kappa shape index (κ3) is 3.02. The smallest absolute Gasteiger partial charge is 0.287 e. The molecule has 1 amide bonds. The van der Waals surface area contributed by atoms with E-state index in [-0.39, 0.29) is 29.9 Å². The topological polar surface area (TPSA) is 59.3 Å². The van der Waals surface area contributed by atoms with Crippen LogP contribution in [0.3, 0.4) is 0 Å². The van der Waals surface area contributed by atoms with Gasteiger partial charge >= 0.3 is 0 Å². The van der Waals surface area contributed by atoms with Crippen molar-refractivity contribution in [3.8, 4) is 0 Å². The van der Waals surface area contributed by atoms with E-state index in [0.29, 0.717) is 5.58 Å². The van der Waals surface area contributed by atoms with Gasteiger partial charge in [-0.25, -0.2) is 0 Å². The average Bonchev–Trinajstić information content (AvgIpc) is 2.78. The number of carbonyl (C=O) groups excluding carboxylic acids is 2. The molecule has 0 aliphatic rings. The lowest BCUT2D eigenvalue weighted by atomic mass is 10.1. The van der Waals surface area contributed by atoms with Gasteiger partial charge < -0.3 is 9.73 Å². The summed E-state index contributed by atoms with van der Waals surface area (Å²) < 4.78 is 5.45. The number of benzene rings is 1. The summed E-state index contributed by atoms with van der Waals surface area (Å²) in [7, 11) is 0. The minimum atomic E-state index is -0.358. The first-order chi connectivity index (χ1) is 8.97. The molecule has 2 aromatic rings. The monoisotopic (exact) mass is 259 g/mol. The van der Waals surface area contributed by atoms with Gasteiger partial charge in [-0.1, -0.05) is 25.5 Å². The van der Waals surface area contributed by atoms with Crippen molar-refractivity contribution in [2.75, 3.05) is 6.54 Å². The van der Waals surface area contributed by atoms with Crippen LogP contribution in [0.15, 0.2) is 28.7 Å². The molecule has 0 spiro atoms. The van der Waals surface area contributed by atoms with E-state index in [2.05, 4.69) is 5.32 Å². The predicted molar refractivity (Wildman–Crippen MR) is 73.1 cm³/mol. The average molecular weight is 259 g/mol. The SMILES string of the molecule is Cc1ccc2oc(C(=O)NCC(=O)C(C)C)cc2c1. The number of furan rings is 1. The molecule has 0 bridgehead atoms. The van der Waals surface area contributed by atoms with E-state index in [9.17, 15) is 9.59 Å². The molecule has 2 rings (SSSR count). The van der Waals surface area contributed by atoms with Crippen LogP contribution in [-0.4, -0.2) is 18.2 Å². The molecule has 0 aliphatic heterocycles. The summed E-state index contributed by atoms with van der Waals surface area (Å²) >= 11 is 0. The van der Waals surface area contributed by atoms with Crippen LogP contribution in [0, 0.1) is 12.8 Å². The van der Waals surface area contributed by atoms with Gasteiger partial charge in [0.15, 0.2) is 11.5 Å². The Balaban J connectivity index is 2.11. The number of carbonyl (C=O) groups is 2. The maximum absolute atomic E-state index is 11.9. The predicted octanol–water partition coefficient (Wildman–Crippen LogP) is 2.70. The summed E-state index contributed by atoms with van der Waals surface area (Å²) in [5.74, 6) is -0.209. The van der Waals surface area contributed by atoms with Crippen molar-refractivity contribution >= 4 is 22.7 Å². The summed E-state index contributed by atoms with van der Waals surface area (Å²) in [5, 5.41) is 3.46. The van der Waals surface area contributed by atoms with Gasteiger partial charge in [-0.05, 0) is 25.1 Å². The molecule has 0 radical (unpaired) electrons. The van der Waals surface area contributed by atoms with Crippen molar-refractivity contribution in [2.45, 2.75) is 20.8 Å². The van der Waals surface area contributed by atoms with E-state index in [0.717, 1.165) is 10.9 Å². The van der Waals surface area contributed by atoms with E-state index < -0.39 is 0 Å². The molecule has 0 saturated heterocycles. The van der Waals surface area contributed by atoms with Crippen LogP contribution >= 0.6 is 0 Å². The quantitative estimate of drug-likeness (QED) is 0.918. The highest BCUT2D eigenvalue weighted by Crippen LogP contribution is 2.20. The Morgan fingerprint density at radius 2 is 2.00 bits per heavy atom. The lowest BCUT2D eigenvalue weighted by Crippen LogP contribution is -2.31. The van der Waals surface area contributed by atoms with Crippen LogP contribution in [0.2, 0.25) is 0 Å². The van der Waals surface area contributed by atoms with Crippen LogP contribution in [0.1, 0.15) is 30.0 Å². The molecule has 1 heterocycles. The minimum Gasteiger partial charge on any atom is -0.451 e. The van der Waals surface area contributed by atoms with E-state index >= 15 is 0 Å². The van der Waals surface area contributed by atoms with Gasteiger partial charge in [0.05, 0.1) is 6.54 Å². The van der Waals surface area contributed by atoms with Crippen molar-refractivity contribution in [1.82, 2.24) is 5.32 Å². The van der Waals surface area contributed by atoms with Gasteiger partial charge in [-0.3, -0.25) is 9.59 Å². The second kappa shape index (κ2) is 5.26. The van der Waals surface area contributed by atoms with E-state index in [4.69, 9.17) is 4.42 Å². The summed E-state index contributed by atoms with van der Waals surface area (Å²) in [5.41, 5.74) is 1.78. The largest absolute Gasteiger partial charge is 0.451 e. The van der Waals surface area contributed by atoms with Gasteiger partial charge in [0.1, 0.15) is 5.58 Å². The Morgan fingerprint density at radius 3 is 2.68 bits per heavy atom. The molecule has 0 fully saturated rings. The van der Waals surface area contributed by atoms with Crippen molar-refractivity contribution < 1.29 is 14.0 Å². The number of ketones is 1. The molecule has 1 aromatic carbocycles. The number of hydrogen-bond donors (Lipinski definition) is 1. The maximum atomic E-state index is 11.9. The second-order valence-corrected chi connectivity index (χ2v) is 4.96. The first kappa shape index (κ1) is 13.3. The number of amides is 1. The molecule has 4 heteroatoms. The lowest BCUT2D eigenvalue weighted by molar-refractivity contribution is -0.120. The summed E-state index contributed by atoms with van der Waals surface area (Å²) in [6, 6.07) is 7.41. The summed E-state index contributed by atoms with van der Waals surface area (Å²) in [6.07, 6.45) is 0. The molecule has 1 N–H and O–H groups in total. The van der Waals surface area contributed by atoms with E-state index in [1.807, 2.05) is 25.1 Å². The Kier molecular flexibility index (Phi) is 3.69. The highest BCUT2D eigenvalue weighted by atomic mass is 16.3. The second-order valence-electron chi connectivity index (χ2n) is 4.96. The van der Waals surface area contributed by atoms with Crippen LogP contribution in [0.5, 0.6) is 0 Å². The zero-order valence-corrected chi connectivity index (χ0v) is 11.3. The number of nitrogens with one attached hydrogen (secondary N) is 1. The fraction of sp³-hybridized carbons (Fsp3) is 0.333. The van der Waals surface area contributed by atoms with Gasteiger partial charge in [-0.15, -0.1) is 0 Å². The van der Waals surface area contributed by atoms with Crippen LogP contribution in [0.4, 0.5) is 0 Å². The molecule has 100 valence electrons. The van der Waals surface area contributed by atoms with Gasteiger partial charge in [-0.2, -0.15) is 0 Å². The Labute approximate surface area is 111 Å². The summed E-state index contributed by atoms with van der Waals surface area (Å²) in [4.78, 5) is 23.3. The van der Waals surface area contributed by atoms with Crippen LogP contribution in [-0.2, 0) is 4.79 Å². The minimum absolute atomic E-state index is 0.000283. The molecule has 0 atom stereocenters. The molecule has 1 aromatic heterocycles. The highest BCUT2D eigenvalue weighted by Gasteiger charge is 2.14. The molecule has 0 aliphatic carbocycles. The molecule has 0 saturated carbocycles. The van der Waals surface area contributed by atoms with Crippen molar-refractivity contribution in [1.29, 1.82) is 0 Å². The fourth-order valence-corrected chi connectivity index (χ4v) is 1.73. The first-order valence-electron chi connectivity index (χ1n) is 6.28. The maximum Gasteiger partial charge on any atom is 0.287 e. The molecular formula is C15H17NO3. The number of aryl methyl sites for hydroxylation is 1. The number of Topliss-reactive ketones (excluding diaryl/α,β-unsaturated/α-hetero) is 1. The van der Waals surface area contributed by atoms with Gasteiger partial charge in [0.25, 0.3) is 5.91 Å². The number of fused-ring (bicyclic) bond motifs is 1. The molecule has 4 nitrogen and oxygen atoms in total.